The van der Waals surface area contributed by atoms with E-state index >= 15 is 0 Å². The highest BCUT2D eigenvalue weighted by Crippen LogP contribution is 2.41. The largest absolute Gasteiger partial charge is 0.469 e. The summed E-state index contributed by atoms with van der Waals surface area (Å²) in [4.78, 5) is 30.9. The molecule has 1 aliphatic rings. The Hall–Kier alpha value is -0.910. The van der Waals surface area contributed by atoms with Crippen molar-refractivity contribution in [1.29, 1.82) is 0 Å². The van der Waals surface area contributed by atoms with Gasteiger partial charge in [0.1, 0.15) is 17.8 Å². The van der Waals surface area contributed by atoms with Crippen LogP contribution in [-0.2, 0) is 13.8 Å². The van der Waals surface area contributed by atoms with Gasteiger partial charge in [-0.2, -0.15) is 0 Å². The summed E-state index contributed by atoms with van der Waals surface area (Å²) in [7, 11) is -4.74. The minimum Gasteiger partial charge on any atom is -0.387 e. The Bertz CT molecular complexity index is 709. The molecule has 124 valence electrons. The zero-order valence-electron chi connectivity index (χ0n) is 11.3. The van der Waals surface area contributed by atoms with Crippen molar-refractivity contribution in [3.05, 3.63) is 27.4 Å². The van der Waals surface area contributed by atoms with E-state index in [1.54, 1.807) is 0 Å². The third-order valence-corrected chi connectivity index (χ3v) is 4.06. The maximum Gasteiger partial charge on any atom is 0.469 e. The van der Waals surface area contributed by atoms with Crippen LogP contribution in [0.3, 0.4) is 0 Å². The third kappa shape index (κ3) is 3.53. The predicted octanol–water partition coefficient (Wildman–Crippen LogP) is -0.976. The third-order valence-electron chi connectivity index (χ3n) is 3.27. The Labute approximate surface area is 129 Å². The molecular weight excluding hydrogens is 339 g/mol. The van der Waals surface area contributed by atoms with Crippen molar-refractivity contribution in [2.45, 2.75) is 31.0 Å². The van der Waals surface area contributed by atoms with E-state index in [4.69, 9.17) is 26.7 Å². The van der Waals surface area contributed by atoms with Gasteiger partial charge in [0.15, 0.2) is 11.0 Å². The second kappa shape index (κ2) is 5.95. The first-order valence-electron chi connectivity index (χ1n) is 6.10. The van der Waals surface area contributed by atoms with E-state index < -0.39 is 44.0 Å². The highest BCUT2D eigenvalue weighted by atomic mass is 32.1. The summed E-state index contributed by atoms with van der Waals surface area (Å²) in [6.07, 6.45) is -2.57. The van der Waals surface area contributed by atoms with Gasteiger partial charge >= 0.3 is 7.82 Å². The van der Waals surface area contributed by atoms with Crippen LogP contribution in [0.15, 0.2) is 17.1 Å². The number of rotatable bonds is 4. The molecular formula is C10H15N2O8PS. The number of phosphoric ester groups is 1. The van der Waals surface area contributed by atoms with Crippen LogP contribution in [0, 0.1) is 4.77 Å². The van der Waals surface area contributed by atoms with Crippen molar-refractivity contribution in [1.82, 2.24) is 9.55 Å². The molecule has 2 heterocycles. The topological polar surface area (TPSA) is 154 Å². The van der Waals surface area contributed by atoms with Crippen molar-refractivity contribution >= 4 is 20.0 Å². The first kappa shape index (κ1) is 17.4. The van der Waals surface area contributed by atoms with Gasteiger partial charge in [0.05, 0.1) is 6.61 Å². The predicted molar refractivity (Wildman–Crippen MR) is 74.4 cm³/mol. The van der Waals surface area contributed by atoms with Crippen LogP contribution in [0.2, 0.25) is 0 Å². The quantitative estimate of drug-likeness (QED) is 0.339. The van der Waals surface area contributed by atoms with Crippen LogP contribution in [0.25, 0.3) is 0 Å². The van der Waals surface area contributed by atoms with Gasteiger partial charge in [-0.3, -0.25) is 18.9 Å². The molecule has 0 bridgehead atoms. The zero-order valence-corrected chi connectivity index (χ0v) is 13.0. The molecule has 1 aliphatic heterocycles. The van der Waals surface area contributed by atoms with E-state index in [1.807, 2.05) is 0 Å². The van der Waals surface area contributed by atoms with E-state index in [2.05, 4.69) is 9.51 Å². The number of phosphoric acid groups is 1. The van der Waals surface area contributed by atoms with Gasteiger partial charge in [0, 0.05) is 12.3 Å². The smallest absolute Gasteiger partial charge is 0.387 e. The number of aromatic amines is 1. The van der Waals surface area contributed by atoms with E-state index in [-0.39, 0.29) is 4.77 Å². The van der Waals surface area contributed by atoms with Crippen molar-refractivity contribution in [2.24, 2.45) is 0 Å². The van der Waals surface area contributed by atoms with Gasteiger partial charge in [0.25, 0.3) is 5.56 Å². The van der Waals surface area contributed by atoms with Crippen LogP contribution in [0.1, 0.15) is 13.2 Å². The van der Waals surface area contributed by atoms with Crippen LogP contribution < -0.4 is 5.56 Å². The van der Waals surface area contributed by atoms with Crippen molar-refractivity contribution in [3.8, 4) is 0 Å². The number of ether oxygens (including phenoxy) is 1. The Morgan fingerprint density at radius 1 is 1.59 bits per heavy atom. The Morgan fingerprint density at radius 2 is 2.23 bits per heavy atom. The fourth-order valence-electron chi connectivity index (χ4n) is 2.16. The molecule has 10 nitrogen and oxygen atoms in total. The van der Waals surface area contributed by atoms with E-state index in [1.165, 1.54) is 17.7 Å². The van der Waals surface area contributed by atoms with E-state index in [9.17, 15) is 19.6 Å². The normalized spacial score (nSPS) is 32.3. The second-order valence-corrected chi connectivity index (χ2v) is 6.63. The van der Waals surface area contributed by atoms with Crippen molar-refractivity contribution < 1.29 is 33.8 Å². The molecule has 0 spiro atoms. The summed E-state index contributed by atoms with van der Waals surface area (Å²) >= 11 is 4.96. The molecule has 0 unspecified atom stereocenters. The fraction of sp³-hybridized carbons (Fsp3) is 0.600. The molecule has 0 radical (unpaired) electrons. The van der Waals surface area contributed by atoms with Gasteiger partial charge in [-0.15, -0.1) is 0 Å². The molecule has 2 rings (SSSR count). The Kier molecular flexibility index (Phi) is 4.71. The molecule has 0 saturated carbocycles. The highest BCUT2D eigenvalue weighted by molar-refractivity contribution is 7.71. The number of H-pyrrole nitrogens is 1. The average molecular weight is 354 g/mol. The summed E-state index contributed by atoms with van der Waals surface area (Å²) in [6, 6.07) is 1.15. The fourth-order valence-corrected chi connectivity index (χ4v) is 2.76. The number of nitrogens with one attached hydrogen (secondary N) is 1. The minimum atomic E-state index is -4.74. The molecule has 1 aromatic rings. The summed E-state index contributed by atoms with van der Waals surface area (Å²) < 4.78 is 21.6. The lowest BCUT2D eigenvalue weighted by Gasteiger charge is -2.27. The summed E-state index contributed by atoms with van der Waals surface area (Å²) in [5.74, 6) is 0. The summed E-state index contributed by atoms with van der Waals surface area (Å²) in [5.41, 5.74) is -2.26. The Balaban J connectivity index is 2.28. The zero-order chi connectivity index (χ0) is 16.7. The Morgan fingerprint density at radius 3 is 2.77 bits per heavy atom. The number of aromatic nitrogens is 2. The first-order chi connectivity index (χ1) is 10.0. The highest BCUT2D eigenvalue weighted by Gasteiger charge is 2.53. The van der Waals surface area contributed by atoms with E-state index in [0.717, 1.165) is 6.07 Å². The molecule has 1 fully saturated rings. The van der Waals surface area contributed by atoms with Gasteiger partial charge in [-0.1, -0.05) is 0 Å². The van der Waals surface area contributed by atoms with Crippen LogP contribution in [0.4, 0.5) is 0 Å². The lowest BCUT2D eigenvalue weighted by molar-refractivity contribution is -0.0978. The maximum atomic E-state index is 11.2. The maximum absolute atomic E-state index is 11.2. The molecule has 1 saturated heterocycles. The van der Waals surface area contributed by atoms with Gasteiger partial charge in [0.2, 0.25) is 0 Å². The number of hydrogen-bond acceptors (Lipinski definition) is 7. The average Bonchev–Trinajstić information content (AvgIpc) is 2.59. The summed E-state index contributed by atoms with van der Waals surface area (Å²) in [6.45, 7) is 0.640. The first-order valence-corrected chi connectivity index (χ1v) is 8.03. The lowest BCUT2D eigenvalue weighted by Crippen LogP contribution is -2.44. The van der Waals surface area contributed by atoms with Gasteiger partial charge < -0.3 is 24.7 Å². The van der Waals surface area contributed by atoms with Crippen LogP contribution in [-0.4, -0.2) is 54.0 Å². The monoisotopic (exact) mass is 354 g/mol. The summed E-state index contributed by atoms with van der Waals surface area (Å²) in [5, 5.41) is 20.4. The molecule has 0 aromatic carbocycles. The second-order valence-electron chi connectivity index (χ2n) is 5.00. The van der Waals surface area contributed by atoms with Crippen LogP contribution >= 0.6 is 20.0 Å². The molecule has 5 N–H and O–H groups in total. The molecule has 12 heteroatoms. The van der Waals surface area contributed by atoms with Gasteiger partial charge in [-0.05, 0) is 19.1 Å². The number of aliphatic hydroxyl groups excluding tert-OH is 1. The van der Waals surface area contributed by atoms with Crippen LogP contribution in [0.5, 0.6) is 0 Å². The number of aliphatic hydroxyl groups is 2. The molecule has 1 aromatic heterocycles. The number of nitrogens with zero attached hydrogens (tertiary/aromatic N) is 1. The van der Waals surface area contributed by atoms with Crippen molar-refractivity contribution in [3.63, 3.8) is 0 Å². The minimum absolute atomic E-state index is 0.0402. The molecule has 4 atom stereocenters. The lowest BCUT2D eigenvalue weighted by atomic mass is 9.96. The number of hydrogen-bond donors (Lipinski definition) is 5. The van der Waals surface area contributed by atoms with E-state index in [0.29, 0.717) is 0 Å². The molecule has 0 amide bonds. The van der Waals surface area contributed by atoms with Crippen molar-refractivity contribution in [2.75, 3.05) is 6.61 Å². The molecule has 0 aliphatic carbocycles. The SMILES string of the molecule is C[C@@]1(O)[C@H](O)[C@@H](COP(=O)(O)O)O[C@H]1n1ccc(=O)[nH]c1=S. The van der Waals surface area contributed by atoms with Gasteiger partial charge in [-0.25, -0.2) is 4.57 Å². The molecule has 22 heavy (non-hydrogen) atoms. The standard InChI is InChI=1S/C10H15N2O8PS/c1-10(15)7(14)5(4-19-21(16,17)18)20-8(10)12-3-2-6(13)11-9(12)22/h2-3,5,7-8,14-15H,4H2,1H3,(H,11,13,22)(H2,16,17,18)/t5-,7-,8-,10-/m1/s1.